The van der Waals surface area contributed by atoms with E-state index in [0.29, 0.717) is 6.04 Å². The summed E-state index contributed by atoms with van der Waals surface area (Å²) >= 11 is 0. The van der Waals surface area contributed by atoms with Crippen LogP contribution in [0.4, 0.5) is 0 Å². The molecule has 1 fully saturated rings. The van der Waals surface area contributed by atoms with Gasteiger partial charge in [0.25, 0.3) is 0 Å². The van der Waals surface area contributed by atoms with E-state index in [1.54, 1.807) is 0 Å². The highest BCUT2D eigenvalue weighted by atomic mass is 15.3. The van der Waals surface area contributed by atoms with Crippen molar-refractivity contribution in [3.05, 3.63) is 35.9 Å². The number of likely N-dealkylation sites (N-methyl/N-ethyl adjacent to an activating group) is 2. The van der Waals surface area contributed by atoms with E-state index in [-0.39, 0.29) is 5.54 Å². The summed E-state index contributed by atoms with van der Waals surface area (Å²) in [6, 6.07) is 11.4. The lowest BCUT2D eigenvalue weighted by Crippen LogP contribution is -2.63. The van der Waals surface area contributed by atoms with Crippen molar-refractivity contribution in [2.24, 2.45) is 0 Å². The topological polar surface area (TPSA) is 18.5 Å². The quantitative estimate of drug-likeness (QED) is 0.891. The molecule has 1 N–H and O–H groups in total. The summed E-state index contributed by atoms with van der Waals surface area (Å²) in [5.41, 5.74) is 1.64. The zero-order chi connectivity index (χ0) is 13.9. The molecule has 0 saturated carbocycles. The number of nitrogens with one attached hydrogen (secondary N) is 1. The van der Waals surface area contributed by atoms with Crippen molar-refractivity contribution in [3.8, 4) is 0 Å². The summed E-state index contributed by atoms with van der Waals surface area (Å²) < 4.78 is 0. The third kappa shape index (κ3) is 3.56. The predicted molar refractivity (Wildman–Crippen MR) is 81.3 cm³/mol. The van der Waals surface area contributed by atoms with Crippen molar-refractivity contribution in [1.29, 1.82) is 0 Å². The number of piperazine rings is 1. The Morgan fingerprint density at radius 2 is 1.95 bits per heavy atom. The second-order valence-corrected chi connectivity index (χ2v) is 6.31. The molecule has 1 aliphatic rings. The first-order valence-corrected chi connectivity index (χ1v) is 7.17. The van der Waals surface area contributed by atoms with Gasteiger partial charge in [0.2, 0.25) is 0 Å². The molecule has 1 aromatic rings. The fraction of sp³-hybridized carbons (Fsp3) is 0.625. The van der Waals surface area contributed by atoms with Gasteiger partial charge in [-0.1, -0.05) is 30.3 Å². The normalized spacial score (nSPS) is 24.5. The Morgan fingerprint density at radius 1 is 1.26 bits per heavy atom. The largest absolute Gasteiger partial charge is 0.318 e. The van der Waals surface area contributed by atoms with Crippen LogP contribution in [-0.2, 0) is 6.54 Å². The minimum Gasteiger partial charge on any atom is -0.318 e. The fourth-order valence-electron chi connectivity index (χ4n) is 3.02. The molecule has 106 valence electrons. The minimum absolute atomic E-state index is 0.231. The lowest BCUT2D eigenvalue weighted by molar-refractivity contribution is -0.00949. The number of hydrogen-bond acceptors (Lipinski definition) is 3. The molecule has 1 aliphatic heterocycles. The van der Waals surface area contributed by atoms with Crippen LogP contribution < -0.4 is 5.32 Å². The second-order valence-electron chi connectivity index (χ2n) is 6.31. The molecule has 0 bridgehead atoms. The zero-order valence-corrected chi connectivity index (χ0v) is 12.7. The average Bonchev–Trinajstić information content (AvgIpc) is 2.36. The molecule has 1 aromatic carbocycles. The van der Waals surface area contributed by atoms with Gasteiger partial charge in [-0.3, -0.25) is 9.80 Å². The van der Waals surface area contributed by atoms with E-state index in [1.807, 2.05) is 7.05 Å². The van der Waals surface area contributed by atoms with Gasteiger partial charge in [0, 0.05) is 37.8 Å². The van der Waals surface area contributed by atoms with Crippen molar-refractivity contribution in [3.63, 3.8) is 0 Å². The summed E-state index contributed by atoms with van der Waals surface area (Å²) in [5.74, 6) is 0. The van der Waals surface area contributed by atoms with Crippen LogP contribution in [0.2, 0.25) is 0 Å². The predicted octanol–water partition coefficient (Wildman–Crippen LogP) is 1.80. The van der Waals surface area contributed by atoms with Crippen molar-refractivity contribution in [2.75, 3.05) is 33.7 Å². The molecule has 1 unspecified atom stereocenters. The maximum Gasteiger partial charge on any atom is 0.0345 e. The Kier molecular flexibility index (Phi) is 4.61. The summed E-state index contributed by atoms with van der Waals surface area (Å²) in [6.45, 7) is 9.04. The molecular formula is C16H27N3. The maximum absolute atomic E-state index is 3.31. The highest BCUT2D eigenvalue weighted by Crippen LogP contribution is 2.25. The van der Waals surface area contributed by atoms with Gasteiger partial charge in [0.15, 0.2) is 0 Å². The molecule has 3 heteroatoms. The molecule has 0 radical (unpaired) electrons. The molecule has 0 amide bonds. The number of rotatable bonds is 4. The van der Waals surface area contributed by atoms with Crippen LogP contribution in [-0.4, -0.2) is 55.1 Å². The Balaban J connectivity index is 2.08. The Bertz CT molecular complexity index is 388. The number of hydrogen-bond donors (Lipinski definition) is 1. The van der Waals surface area contributed by atoms with Crippen LogP contribution in [0.5, 0.6) is 0 Å². The van der Waals surface area contributed by atoms with Crippen LogP contribution in [0.15, 0.2) is 30.3 Å². The smallest absolute Gasteiger partial charge is 0.0345 e. The van der Waals surface area contributed by atoms with E-state index in [2.05, 4.69) is 66.3 Å². The van der Waals surface area contributed by atoms with Gasteiger partial charge in [-0.25, -0.2) is 0 Å². The first-order chi connectivity index (χ1) is 9.03. The number of nitrogens with zero attached hydrogens (tertiary/aromatic N) is 2. The molecule has 0 aliphatic carbocycles. The SMILES string of the molecule is CNCC1CN(Cc2ccccc2)C(C)(C)CN1C. The average molecular weight is 261 g/mol. The van der Waals surface area contributed by atoms with Crippen molar-refractivity contribution < 1.29 is 0 Å². The summed E-state index contributed by atoms with van der Waals surface area (Å²) in [6.07, 6.45) is 0. The summed E-state index contributed by atoms with van der Waals surface area (Å²) in [7, 11) is 4.28. The maximum atomic E-state index is 3.31. The molecule has 3 nitrogen and oxygen atoms in total. The Hall–Kier alpha value is -0.900. The number of benzene rings is 1. The van der Waals surface area contributed by atoms with Gasteiger partial charge in [0.1, 0.15) is 0 Å². The second kappa shape index (κ2) is 6.04. The highest BCUT2D eigenvalue weighted by Gasteiger charge is 2.36. The zero-order valence-electron chi connectivity index (χ0n) is 12.7. The molecule has 19 heavy (non-hydrogen) atoms. The molecular weight excluding hydrogens is 234 g/mol. The van der Waals surface area contributed by atoms with E-state index >= 15 is 0 Å². The van der Waals surface area contributed by atoms with Gasteiger partial charge in [-0.05, 0) is 33.5 Å². The Morgan fingerprint density at radius 3 is 2.58 bits per heavy atom. The lowest BCUT2D eigenvalue weighted by atomic mass is 9.95. The van der Waals surface area contributed by atoms with E-state index < -0.39 is 0 Å². The molecule has 0 aromatic heterocycles. The van der Waals surface area contributed by atoms with Crippen LogP contribution in [0.25, 0.3) is 0 Å². The third-order valence-corrected chi connectivity index (χ3v) is 4.20. The van der Waals surface area contributed by atoms with E-state index in [0.717, 1.165) is 26.2 Å². The van der Waals surface area contributed by atoms with Crippen molar-refractivity contribution in [1.82, 2.24) is 15.1 Å². The molecule has 1 atom stereocenters. The molecule has 2 rings (SSSR count). The standard InChI is InChI=1S/C16H27N3/c1-16(2)13-18(4)15(10-17-3)12-19(16)11-14-8-6-5-7-9-14/h5-9,15,17H,10-13H2,1-4H3. The van der Waals surface area contributed by atoms with Crippen LogP contribution in [0, 0.1) is 0 Å². The lowest BCUT2D eigenvalue weighted by Gasteiger charge is -2.50. The van der Waals surface area contributed by atoms with Gasteiger partial charge < -0.3 is 5.32 Å². The fourth-order valence-corrected chi connectivity index (χ4v) is 3.02. The van der Waals surface area contributed by atoms with Crippen LogP contribution in [0.3, 0.4) is 0 Å². The van der Waals surface area contributed by atoms with E-state index in [9.17, 15) is 0 Å². The Labute approximate surface area is 117 Å². The monoisotopic (exact) mass is 261 g/mol. The minimum atomic E-state index is 0.231. The van der Waals surface area contributed by atoms with Gasteiger partial charge in [-0.2, -0.15) is 0 Å². The molecule has 1 heterocycles. The summed E-state index contributed by atoms with van der Waals surface area (Å²) in [5, 5.41) is 3.31. The highest BCUT2D eigenvalue weighted by molar-refractivity contribution is 5.15. The van der Waals surface area contributed by atoms with Crippen LogP contribution in [0.1, 0.15) is 19.4 Å². The van der Waals surface area contributed by atoms with E-state index in [1.165, 1.54) is 5.56 Å². The van der Waals surface area contributed by atoms with Gasteiger partial charge in [-0.15, -0.1) is 0 Å². The molecule has 0 spiro atoms. The first kappa shape index (κ1) is 14.5. The van der Waals surface area contributed by atoms with Crippen molar-refractivity contribution >= 4 is 0 Å². The molecule has 1 saturated heterocycles. The van der Waals surface area contributed by atoms with Crippen LogP contribution >= 0.6 is 0 Å². The summed E-state index contributed by atoms with van der Waals surface area (Å²) in [4.78, 5) is 5.10. The first-order valence-electron chi connectivity index (χ1n) is 7.17. The van der Waals surface area contributed by atoms with E-state index in [4.69, 9.17) is 0 Å². The van der Waals surface area contributed by atoms with Gasteiger partial charge >= 0.3 is 0 Å². The van der Waals surface area contributed by atoms with Crippen molar-refractivity contribution in [2.45, 2.75) is 32.0 Å². The van der Waals surface area contributed by atoms with Gasteiger partial charge in [0.05, 0.1) is 0 Å². The third-order valence-electron chi connectivity index (χ3n) is 4.20.